The number of nitrogens with zero attached hydrogens (tertiary/aromatic N) is 2. The molecule has 0 aliphatic carbocycles. The van der Waals surface area contributed by atoms with Crippen LogP contribution in [0.1, 0.15) is 32.9 Å². The molecule has 0 fully saturated rings. The maximum Gasteiger partial charge on any atom is 0.335 e. The molecular weight excluding hydrogens is 256 g/mol. The topological polar surface area (TPSA) is 66.6 Å². The number of carboxylic acids is 1. The number of aryl methyl sites for hydroxylation is 1. The maximum absolute atomic E-state index is 11.0. The number of rotatable bonds is 3. The summed E-state index contributed by atoms with van der Waals surface area (Å²) >= 11 is 0. The van der Waals surface area contributed by atoms with Crippen LogP contribution < -0.4 is 0 Å². The number of aromatic carboxylic acids is 1. The van der Waals surface area contributed by atoms with Crippen LogP contribution in [0, 0.1) is 6.92 Å². The molecule has 1 aliphatic heterocycles. The fourth-order valence-corrected chi connectivity index (χ4v) is 2.58. The molecule has 1 aromatic heterocycles. The summed E-state index contributed by atoms with van der Waals surface area (Å²) in [6.07, 6.45) is 2.40. The van der Waals surface area contributed by atoms with Crippen LogP contribution in [-0.2, 0) is 19.5 Å². The van der Waals surface area contributed by atoms with Crippen LogP contribution in [0.2, 0.25) is 0 Å². The highest BCUT2D eigenvalue weighted by Crippen LogP contribution is 2.22. The van der Waals surface area contributed by atoms with Gasteiger partial charge in [-0.3, -0.25) is 4.90 Å². The first kappa shape index (κ1) is 12.9. The van der Waals surface area contributed by atoms with Crippen LogP contribution in [-0.4, -0.2) is 27.5 Å². The summed E-state index contributed by atoms with van der Waals surface area (Å²) in [5.41, 5.74) is 3.63. The number of hydrogen-bond donors (Lipinski definition) is 1. The van der Waals surface area contributed by atoms with Crippen LogP contribution in [0.15, 0.2) is 29.0 Å². The number of carboxylic acid groups (broad SMARTS) is 1. The molecule has 2 aromatic rings. The Bertz CT molecular complexity index is 648. The summed E-state index contributed by atoms with van der Waals surface area (Å²) < 4.78 is 5.21. The molecular formula is C15H16N2O3. The van der Waals surface area contributed by atoms with E-state index < -0.39 is 5.97 Å². The second-order valence-electron chi connectivity index (χ2n) is 5.10. The largest absolute Gasteiger partial charge is 0.478 e. The van der Waals surface area contributed by atoms with Gasteiger partial charge in [0.1, 0.15) is 5.76 Å². The number of aromatic nitrogens is 1. The Morgan fingerprint density at radius 3 is 3.00 bits per heavy atom. The molecule has 2 heterocycles. The molecule has 20 heavy (non-hydrogen) atoms. The van der Waals surface area contributed by atoms with Gasteiger partial charge in [-0.1, -0.05) is 6.07 Å². The van der Waals surface area contributed by atoms with E-state index in [0.717, 1.165) is 43.1 Å². The van der Waals surface area contributed by atoms with Crippen molar-refractivity contribution in [2.45, 2.75) is 26.4 Å². The summed E-state index contributed by atoms with van der Waals surface area (Å²) in [4.78, 5) is 17.5. The lowest BCUT2D eigenvalue weighted by molar-refractivity contribution is 0.0696. The summed E-state index contributed by atoms with van der Waals surface area (Å²) in [6, 6.07) is 5.38. The highest BCUT2D eigenvalue weighted by atomic mass is 16.4. The summed E-state index contributed by atoms with van der Waals surface area (Å²) in [7, 11) is 0. The summed E-state index contributed by atoms with van der Waals surface area (Å²) in [5, 5.41) is 9.06. The molecule has 0 bridgehead atoms. The molecule has 0 saturated heterocycles. The van der Waals surface area contributed by atoms with Crippen LogP contribution in [0.4, 0.5) is 0 Å². The Hall–Kier alpha value is -2.14. The minimum absolute atomic E-state index is 0.350. The average molecular weight is 272 g/mol. The van der Waals surface area contributed by atoms with Crippen molar-refractivity contribution in [3.8, 4) is 0 Å². The van der Waals surface area contributed by atoms with Gasteiger partial charge >= 0.3 is 5.97 Å². The first-order valence-corrected chi connectivity index (χ1v) is 6.60. The van der Waals surface area contributed by atoms with Gasteiger partial charge in [0.25, 0.3) is 0 Å². The Kier molecular flexibility index (Phi) is 3.28. The first-order chi connectivity index (χ1) is 9.63. The molecule has 5 heteroatoms. The predicted octanol–water partition coefficient (Wildman–Crippen LogP) is 2.24. The van der Waals surface area contributed by atoms with E-state index in [2.05, 4.69) is 9.88 Å². The molecule has 5 nitrogen and oxygen atoms in total. The van der Waals surface area contributed by atoms with Gasteiger partial charge in [0.2, 0.25) is 0 Å². The van der Waals surface area contributed by atoms with Crippen LogP contribution in [0.5, 0.6) is 0 Å². The van der Waals surface area contributed by atoms with Crippen molar-refractivity contribution in [3.63, 3.8) is 0 Å². The summed E-state index contributed by atoms with van der Waals surface area (Å²) in [5.74, 6) is -0.0349. The second kappa shape index (κ2) is 5.09. The van der Waals surface area contributed by atoms with E-state index in [0.29, 0.717) is 5.56 Å². The zero-order chi connectivity index (χ0) is 14.1. The zero-order valence-corrected chi connectivity index (χ0v) is 11.3. The van der Waals surface area contributed by atoms with E-state index in [4.69, 9.17) is 9.52 Å². The summed E-state index contributed by atoms with van der Waals surface area (Å²) in [6.45, 7) is 4.34. The number of benzene rings is 1. The van der Waals surface area contributed by atoms with Crippen molar-refractivity contribution < 1.29 is 14.3 Å². The van der Waals surface area contributed by atoms with Gasteiger partial charge in [-0.2, -0.15) is 0 Å². The molecule has 0 unspecified atom stereocenters. The van der Waals surface area contributed by atoms with Crippen LogP contribution in [0.3, 0.4) is 0 Å². The minimum Gasteiger partial charge on any atom is -0.478 e. The molecule has 1 aliphatic rings. The third-order valence-corrected chi connectivity index (χ3v) is 3.76. The highest BCUT2D eigenvalue weighted by molar-refractivity contribution is 5.87. The zero-order valence-electron chi connectivity index (χ0n) is 11.3. The minimum atomic E-state index is -0.878. The Morgan fingerprint density at radius 1 is 1.45 bits per heavy atom. The fraction of sp³-hybridized carbons (Fsp3) is 0.333. The molecule has 0 spiro atoms. The van der Waals surface area contributed by atoms with Gasteiger partial charge in [0, 0.05) is 19.6 Å². The third-order valence-electron chi connectivity index (χ3n) is 3.76. The van der Waals surface area contributed by atoms with E-state index in [9.17, 15) is 4.79 Å². The quantitative estimate of drug-likeness (QED) is 0.928. The number of oxazole rings is 1. The number of carbonyl (C=O) groups is 1. The van der Waals surface area contributed by atoms with Crippen molar-refractivity contribution >= 4 is 5.97 Å². The molecule has 0 saturated carbocycles. The van der Waals surface area contributed by atoms with Gasteiger partial charge in [-0.25, -0.2) is 9.78 Å². The van der Waals surface area contributed by atoms with Gasteiger partial charge in [0.15, 0.2) is 6.39 Å². The average Bonchev–Trinajstić information content (AvgIpc) is 2.83. The van der Waals surface area contributed by atoms with Crippen molar-refractivity contribution in [3.05, 3.63) is 52.7 Å². The molecule has 0 atom stereocenters. The third kappa shape index (κ3) is 2.44. The lowest BCUT2D eigenvalue weighted by Gasteiger charge is -2.28. The SMILES string of the molecule is Cc1ocnc1CN1CCc2ccc(C(=O)O)cc2C1. The predicted molar refractivity (Wildman–Crippen MR) is 72.5 cm³/mol. The van der Waals surface area contributed by atoms with Gasteiger partial charge < -0.3 is 9.52 Å². The Morgan fingerprint density at radius 2 is 2.30 bits per heavy atom. The van der Waals surface area contributed by atoms with Crippen molar-refractivity contribution in [2.24, 2.45) is 0 Å². The normalized spacial score (nSPS) is 15.1. The number of hydrogen-bond acceptors (Lipinski definition) is 4. The standard InChI is InChI=1S/C15H16N2O3/c1-10-14(16-9-20-10)8-17-5-4-11-2-3-12(15(18)19)6-13(11)7-17/h2-3,6,9H,4-5,7-8H2,1H3,(H,18,19). The molecule has 104 valence electrons. The molecule has 0 radical (unpaired) electrons. The molecule has 1 aromatic carbocycles. The first-order valence-electron chi connectivity index (χ1n) is 6.60. The monoisotopic (exact) mass is 272 g/mol. The lowest BCUT2D eigenvalue weighted by atomic mass is 9.97. The maximum atomic E-state index is 11.0. The van der Waals surface area contributed by atoms with Crippen LogP contribution in [0.25, 0.3) is 0 Å². The van der Waals surface area contributed by atoms with E-state index in [1.54, 1.807) is 12.1 Å². The Balaban J connectivity index is 1.78. The number of fused-ring (bicyclic) bond motifs is 1. The molecule has 1 N–H and O–H groups in total. The molecule has 0 amide bonds. The second-order valence-corrected chi connectivity index (χ2v) is 5.10. The van der Waals surface area contributed by atoms with Gasteiger partial charge in [0.05, 0.1) is 11.3 Å². The van der Waals surface area contributed by atoms with Gasteiger partial charge in [-0.15, -0.1) is 0 Å². The smallest absolute Gasteiger partial charge is 0.335 e. The van der Waals surface area contributed by atoms with Crippen molar-refractivity contribution in [1.82, 2.24) is 9.88 Å². The van der Waals surface area contributed by atoms with Crippen LogP contribution >= 0.6 is 0 Å². The van der Waals surface area contributed by atoms with E-state index in [-0.39, 0.29) is 0 Å². The fourth-order valence-electron chi connectivity index (χ4n) is 2.58. The van der Waals surface area contributed by atoms with E-state index in [1.807, 2.05) is 13.0 Å². The van der Waals surface area contributed by atoms with Crippen molar-refractivity contribution in [2.75, 3.05) is 6.54 Å². The Labute approximate surface area is 116 Å². The van der Waals surface area contributed by atoms with Gasteiger partial charge in [-0.05, 0) is 36.6 Å². The lowest BCUT2D eigenvalue weighted by Crippen LogP contribution is -2.30. The molecule has 3 rings (SSSR count). The van der Waals surface area contributed by atoms with Crippen molar-refractivity contribution in [1.29, 1.82) is 0 Å². The highest BCUT2D eigenvalue weighted by Gasteiger charge is 2.19. The van der Waals surface area contributed by atoms with E-state index >= 15 is 0 Å². The van der Waals surface area contributed by atoms with E-state index in [1.165, 1.54) is 12.0 Å².